The standard InChI is InChI=1S/C11H12BrFN4/c1-14-11(10-6-15-16-17(10)2)7-3-4-8(12)9(13)5-7/h3-6,11,14H,1-2H3. The number of nitrogens with zero attached hydrogens (tertiary/aromatic N) is 3. The summed E-state index contributed by atoms with van der Waals surface area (Å²) in [4.78, 5) is 0. The Hall–Kier alpha value is -1.27. The Labute approximate surface area is 107 Å². The van der Waals surface area contributed by atoms with Crippen LogP contribution in [0.4, 0.5) is 4.39 Å². The summed E-state index contributed by atoms with van der Waals surface area (Å²) in [5.41, 5.74) is 1.72. The predicted molar refractivity (Wildman–Crippen MR) is 66.0 cm³/mol. The van der Waals surface area contributed by atoms with Gasteiger partial charge in [-0.25, -0.2) is 4.39 Å². The number of hydrogen-bond donors (Lipinski definition) is 1. The summed E-state index contributed by atoms with van der Waals surface area (Å²) in [7, 11) is 3.62. The molecule has 2 rings (SSSR count). The molecule has 1 aromatic heterocycles. The van der Waals surface area contributed by atoms with Gasteiger partial charge in [0.05, 0.1) is 22.4 Å². The van der Waals surface area contributed by atoms with Crippen molar-refractivity contribution in [2.24, 2.45) is 7.05 Å². The van der Waals surface area contributed by atoms with Gasteiger partial charge in [0.25, 0.3) is 0 Å². The van der Waals surface area contributed by atoms with Crippen LogP contribution in [-0.2, 0) is 7.05 Å². The van der Waals surface area contributed by atoms with Gasteiger partial charge in [-0.2, -0.15) is 0 Å². The number of halogens is 2. The summed E-state index contributed by atoms with van der Waals surface area (Å²) in [5, 5.41) is 10.8. The van der Waals surface area contributed by atoms with Gasteiger partial charge in [-0.1, -0.05) is 11.3 Å². The number of rotatable bonds is 3. The number of aryl methyl sites for hydroxylation is 1. The van der Waals surface area contributed by atoms with E-state index in [1.54, 1.807) is 16.9 Å². The Kier molecular flexibility index (Phi) is 3.54. The highest BCUT2D eigenvalue weighted by Gasteiger charge is 2.17. The molecule has 4 nitrogen and oxygen atoms in total. The molecule has 1 heterocycles. The fourth-order valence-electron chi connectivity index (χ4n) is 1.74. The van der Waals surface area contributed by atoms with Crippen LogP contribution in [0.3, 0.4) is 0 Å². The number of hydrogen-bond acceptors (Lipinski definition) is 3. The van der Waals surface area contributed by atoms with Crippen molar-refractivity contribution in [1.29, 1.82) is 0 Å². The molecule has 0 fully saturated rings. The molecule has 1 aromatic carbocycles. The summed E-state index contributed by atoms with van der Waals surface area (Å²) >= 11 is 3.14. The second-order valence-electron chi connectivity index (χ2n) is 3.68. The molecule has 0 bridgehead atoms. The summed E-state index contributed by atoms with van der Waals surface area (Å²) in [6.45, 7) is 0. The van der Waals surface area contributed by atoms with Crippen molar-refractivity contribution in [3.8, 4) is 0 Å². The largest absolute Gasteiger partial charge is 0.308 e. The second kappa shape index (κ2) is 4.93. The molecule has 17 heavy (non-hydrogen) atoms. The van der Waals surface area contributed by atoms with Crippen LogP contribution in [-0.4, -0.2) is 22.0 Å². The van der Waals surface area contributed by atoms with Gasteiger partial charge < -0.3 is 5.32 Å². The minimum absolute atomic E-state index is 0.127. The van der Waals surface area contributed by atoms with Crippen molar-refractivity contribution in [3.63, 3.8) is 0 Å². The molecular formula is C11H12BrFN4. The zero-order valence-electron chi connectivity index (χ0n) is 9.48. The lowest BCUT2D eigenvalue weighted by Crippen LogP contribution is -2.20. The highest BCUT2D eigenvalue weighted by atomic mass is 79.9. The molecular weight excluding hydrogens is 287 g/mol. The third-order valence-corrected chi connectivity index (χ3v) is 3.25. The summed E-state index contributed by atoms with van der Waals surface area (Å²) in [6.07, 6.45) is 1.67. The number of benzene rings is 1. The fraction of sp³-hybridized carbons (Fsp3) is 0.273. The van der Waals surface area contributed by atoms with Crippen LogP contribution >= 0.6 is 15.9 Å². The molecule has 6 heteroatoms. The van der Waals surface area contributed by atoms with Crippen molar-refractivity contribution in [1.82, 2.24) is 20.3 Å². The molecule has 2 aromatic rings. The van der Waals surface area contributed by atoms with Crippen LogP contribution in [0, 0.1) is 5.82 Å². The highest BCUT2D eigenvalue weighted by Crippen LogP contribution is 2.24. The molecule has 1 unspecified atom stereocenters. The molecule has 0 amide bonds. The first-order valence-electron chi connectivity index (χ1n) is 5.10. The van der Waals surface area contributed by atoms with Crippen molar-refractivity contribution < 1.29 is 4.39 Å². The molecule has 1 atom stereocenters. The van der Waals surface area contributed by atoms with Crippen LogP contribution in [0.2, 0.25) is 0 Å². The van der Waals surface area contributed by atoms with Crippen molar-refractivity contribution in [2.45, 2.75) is 6.04 Å². The minimum atomic E-state index is -0.280. The van der Waals surface area contributed by atoms with Crippen LogP contribution in [0.5, 0.6) is 0 Å². The van der Waals surface area contributed by atoms with E-state index >= 15 is 0 Å². The van der Waals surface area contributed by atoms with E-state index in [1.165, 1.54) is 6.07 Å². The van der Waals surface area contributed by atoms with Crippen molar-refractivity contribution in [3.05, 3.63) is 45.9 Å². The Bertz CT molecular complexity index is 526. The van der Waals surface area contributed by atoms with Gasteiger partial charge in [0.1, 0.15) is 5.82 Å². The summed E-state index contributed by atoms with van der Waals surface area (Å²) in [6, 6.07) is 4.93. The minimum Gasteiger partial charge on any atom is -0.308 e. The number of nitrogens with one attached hydrogen (secondary N) is 1. The summed E-state index contributed by atoms with van der Waals surface area (Å²) < 4.78 is 15.6. The molecule has 0 aliphatic carbocycles. The summed E-state index contributed by atoms with van der Waals surface area (Å²) in [5.74, 6) is -0.280. The van der Waals surface area contributed by atoms with E-state index in [1.807, 2.05) is 20.2 Å². The Morgan fingerprint density at radius 2 is 2.24 bits per heavy atom. The molecule has 0 aliphatic rings. The SMILES string of the molecule is CNC(c1ccc(Br)c(F)c1)c1cnnn1C. The Morgan fingerprint density at radius 3 is 2.76 bits per heavy atom. The molecule has 1 N–H and O–H groups in total. The van der Waals surface area contributed by atoms with Gasteiger partial charge in [-0.15, -0.1) is 5.10 Å². The van der Waals surface area contributed by atoms with Gasteiger partial charge in [0.15, 0.2) is 0 Å². The molecule has 0 aliphatic heterocycles. The maximum absolute atomic E-state index is 13.5. The average molecular weight is 299 g/mol. The lowest BCUT2D eigenvalue weighted by molar-refractivity contribution is 0.584. The van der Waals surface area contributed by atoms with E-state index in [0.717, 1.165) is 11.3 Å². The molecule has 0 saturated heterocycles. The average Bonchev–Trinajstić information content (AvgIpc) is 2.71. The third-order valence-electron chi connectivity index (χ3n) is 2.61. The normalized spacial score (nSPS) is 12.7. The zero-order chi connectivity index (χ0) is 12.4. The lowest BCUT2D eigenvalue weighted by atomic mass is 10.0. The maximum atomic E-state index is 13.5. The zero-order valence-corrected chi connectivity index (χ0v) is 11.1. The first kappa shape index (κ1) is 12.2. The molecule has 0 saturated carbocycles. The van der Waals surface area contributed by atoms with Gasteiger partial charge in [0.2, 0.25) is 0 Å². The predicted octanol–water partition coefficient (Wildman–Crippen LogP) is 2.03. The number of aromatic nitrogens is 3. The Morgan fingerprint density at radius 1 is 1.47 bits per heavy atom. The van der Waals surface area contributed by atoms with E-state index in [4.69, 9.17) is 0 Å². The van der Waals surface area contributed by atoms with E-state index in [9.17, 15) is 4.39 Å². The first-order chi connectivity index (χ1) is 8.13. The van der Waals surface area contributed by atoms with Crippen LogP contribution in [0.25, 0.3) is 0 Å². The molecule has 90 valence electrons. The van der Waals surface area contributed by atoms with Gasteiger partial charge in [-0.05, 0) is 40.7 Å². The quantitative estimate of drug-likeness (QED) is 0.943. The monoisotopic (exact) mass is 298 g/mol. The van der Waals surface area contributed by atoms with Gasteiger partial charge in [-0.3, -0.25) is 4.68 Å². The smallest absolute Gasteiger partial charge is 0.137 e. The van der Waals surface area contributed by atoms with Gasteiger partial charge in [0, 0.05) is 7.05 Å². The fourth-order valence-corrected chi connectivity index (χ4v) is 1.98. The van der Waals surface area contributed by atoms with E-state index in [-0.39, 0.29) is 11.9 Å². The first-order valence-corrected chi connectivity index (χ1v) is 5.89. The van der Waals surface area contributed by atoms with Crippen LogP contribution in [0.15, 0.2) is 28.9 Å². The van der Waals surface area contributed by atoms with E-state index in [2.05, 4.69) is 31.6 Å². The molecule has 0 spiro atoms. The molecule has 0 radical (unpaired) electrons. The second-order valence-corrected chi connectivity index (χ2v) is 4.53. The van der Waals surface area contributed by atoms with Gasteiger partial charge >= 0.3 is 0 Å². The maximum Gasteiger partial charge on any atom is 0.137 e. The van der Waals surface area contributed by atoms with E-state index < -0.39 is 0 Å². The highest BCUT2D eigenvalue weighted by molar-refractivity contribution is 9.10. The van der Waals surface area contributed by atoms with Crippen LogP contribution < -0.4 is 5.32 Å². The van der Waals surface area contributed by atoms with Crippen molar-refractivity contribution >= 4 is 15.9 Å². The topological polar surface area (TPSA) is 42.7 Å². The van der Waals surface area contributed by atoms with Crippen LogP contribution in [0.1, 0.15) is 17.3 Å². The van der Waals surface area contributed by atoms with Crippen molar-refractivity contribution in [2.75, 3.05) is 7.05 Å². The third kappa shape index (κ3) is 2.37. The lowest BCUT2D eigenvalue weighted by Gasteiger charge is -2.16. The van der Waals surface area contributed by atoms with E-state index in [0.29, 0.717) is 4.47 Å². The Balaban J connectivity index is 2.42.